The third-order valence-corrected chi connectivity index (χ3v) is 3.50. The monoisotopic (exact) mass is 309 g/mol. The highest BCUT2D eigenvalue weighted by Gasteiger charge is 2.27. The van der Waals surface area contributed by atoms with Gasteiger partial charge in [-0.2, -0.15) is 5.10 Å². The van der Waals surface area contributed by atoms with E-state index in [-0.39, 0.29) is 6.09 Å². The Morgan fingerprint density at radius 3 is 2.91 bits per heavy atom. The number of nitrogens with one attached hydrogen (secondary N) is 1. The number of nitrogens with zero attached hydrogens (tertiary/aromatic N) is 4. The average molecular weight is 309 g/mol. The molecule has 1 aromatic rings. The van der Waals surface area contributed by atoms with Gasteiger partial charge in [0.15, 0.2) is 5.82 Å². The zero-order valence-electron chi connectivity index (χ0n) is 14.0. The third-order valence-electron chi connectivity index (χ3n) is 3.50. The lowest BCUT2D eigenvalue weighted by atomic mass is 10.1. The Kier molecular flexibility index (Phi) is 5.39. The van der Waals surface area contributed by atoms with Gasteiger partial charge < -0.3 is 15.0 Å². The molecule has 0 aliphatic carbocycles. The number of aromatic nitrogens is 3. The molecule has 0 aromatic carbocycles. The highest BCUT2D eigenvalue weighted by atomic mass is 16.6. The van der Waals surface area contributed by atoms with Crippen molar-refractivity contribution in [1.82, 2.24) is 25.0 Å². The third kappa shape index (κ3) is 5.29. The molecule has 1 atom stereocenters. The van der Waals surface area contributed by atoms with Crippen LogP contribution in [-0.2, 0) is 18.2 Å². The van der Waals surface area contributed by atoms with E-state index in [4.69, 9.17) is 4.74 Å². The summed E-state index contributed by atoms with van der Waals surface area (Å²) < 4.78 is 7.15. The van der Waals surface area contributed by atoms with Crippen LogP contribution in [0.1, 0.15) is 39.4 Å². The Balaban J connectivity index is 1.74. The Bertz CT molecular complexity index is 494. The lowest BCUT2D eigenvalue weighted by Crippen LogP contribution is -2.49. The molecule has 7 nitrogen and oxygen atoms in total. The Hall–Kier alpha value is -1.63. The van der Waals surface area contributed by atoms with Gasteiger partial charge in [-0.15, -0.1) is 0 Å². The van der Waals surface area contributed by atoms with E-state index in [0.717, 1.165) is 38.2 Å². The number of amides is 1. The number of aryl methyl sites for hydroxylation is 1. The minimum Gasteiger partial charge on any atom is -0.444 e. The van der Waals surface area contributed by atoms with Crippen molar-refractivity contribution < 1.29 is 9.53 Å². The molecule has 2 rings (SSSR count). The highest BCUT2D eigenvalue weighted by molar-refractivity contribution is 5.68. The van der Waals surface area contributed by atoms with Gasteiger partial charge in [0, 0.05) is 39.1 Å². The van der Waals surface area contributed by atoms with E-state index >= 15 is 0 Å². The molecule has 0 bridgehead atoms. The minimum atomic E-state index is -0.442. The van der Waals surface area contributed by atoms with Crippen LogP contribution in [0, 0.1) is 0 Å². The number of likely N-dealkylation sites (tertiary alicyclic amines) is 1. The van der Waals surface area contributed by atoms with Gasteiger partial charge in [0.2, 0.25) is 0 Å². The van der Waals surface area contributed by atoms with Crippen LogP contribution in [0.3, 0.4) is 0 Å². The first-order valence-corrected chi connectivity index (χ1v) is 7.89. The van der Waals surface area contributed by atoms with Crippen molar-refractivity contribution in [3.63, 3.8) is 0 Å². The summed E-state index contributed by atoms with van der Waals surface area (Å²) in [6.45, 7) is 7.97. The quantitative estimate of drug-likeness (QED) is 0.909. The van der Waals surface area contributed by atoms with Crippen molar-refractivity contribution in [1.29, 1.82) is 0 Å². The van der Waals surface area contributed by atoms with E-state index in [2.05, 4.69) is 15.4 Å². The number of hydrogen-bond acceptors (Lipinski definition) is 5. The fraction of sp³-hybridized carbons (Fsp3) is 0.800. The fourth-order valence-corrected chi connectivity index (χ4v) is 2.52. The Morgan fingerprint density at radius 1 is 1.50 bits per heavy atom. The molecule has 1 aliphatic heterocycles. The number of ether oxygens (including phenoxy) is 1. The summed E-state index contributed by atoms with van der Waals surface area (Å²) in [5, 5.41) is 7.75. The summed E-state index contributed by atoms with van der Waals surface area (Å²) in [6, 6.07) is 0.310. The number of carbonyl (C=O) groups is 1. The molecule has 1 saturated heterocycles. The van der Waals surface area contributed by atoms with Crippen LogP contribution in [0.5, 0.6) is 0 Å². The van der Waals surface area contributed by atoms with E-state index in [0.29, 0.717) is 12.6 Å². The predicted octanol–water partition coefficient (Wildman–Crippen LogP) is 1.35. The summed E-state index contributed by atoms with van der Waals surface area (Å²) in [5.41, 5.74) is -0.442. The minimum absolute atomic E-state index is 0.217. The number of hydrogen-bond donors (Lipinski definition) is 1. The zero-order valence-corrected chi connectivity index (χ0v) is 14.0. The van der Waals surface area contributed by atoms with Crippen molar-refractivity contribution in [3.8, 4) is 0 Å². The molecule has 0 spiro atoms. The van der Waals surface area contributed by atoms with E-state index < -0.39 is 5.60 Å². The van der Waals surface area contributed by atoms with Crippen molar-refractivity contribution in [2.24, 2.45) is 7.05 Å². The van der Waals surface area contributed by atoms with Gasteiger partial charge >= 0.3 is 6.09 Å². The van der Waals surface area contributed by atoms with Gasteiger partial charge in [0.05, 0.1) is 0 Å². The molecule has 1 aliphatic rings. The number of carbonyl (C=O) groups excluding carboxylic acids is 1. The van der Waals surface area contributed by atoms with Crippen LogP contribution < -0.4 is 5.32 Å². The van der Waals surface area contributed by atoms with Crippen LogP contribution in [0.15, 0.2) is 6.33 Å². The lowest BCUT2D eigenvalue weighted by molar-refractivity contribution is 0.0188. The second-order valence-corrected chi connectivity index (χ2v) is 6.80. The van der Waals surface area contributed by atoms with E-state index in [1.165, 1.54) is 0 Å². The lowest BCUT2D eigenvalue weighted by Gasteiger charge is -2.34. The zero-order chi connectivity index (χ0) is 16.2. The van der Waals surface area contributed by atoms with Crippen molar-refractivity contribution in [2.75, 3.05) is 19.6 Å². The maximum atomic E-state index is 12.1. The molecule has 2 heterocycles. The van der Waals surface area contributed by atoms with E-state index in [1.54, 1.807) is 15.9 Å². The van der Waals surface area contributed by atoms with Crippen molar-refractivity contribution >= 4 is 6.09 Å². The van der Waals surface area contributed by atoms with Gasteiger partial charge in [-0.25, -0.2) is 9.78 Å². The van der Waals surface area contributed by atoms with Gasteiger partial charge in [0.25, 0.3) is 0 Å². The molecule has 1 amide bonds. The van der Waals surface area contributed by atoms with E-state index in [9.17, 15) is 4.79 Å². The largest absolute Gasteiger partial charge is 0.444 e. The van der Waals surface area contributed by atoms with E-state index in [1.807, 2.05) is 27.8 Å². The fourth-order valence-electron chi connectivity index (χ4n) is 2.52. The number of piperidine rings is 1. The Labute approximate surface area is 132 Å². The molecule has 7 heteroatoms. The Morgan fingerprint density at radius 2 is 2.27 bits per heavy atom. The topological polar surface area (TPSA) is 72.3 Å². The molecule has 0 saturated carbocycles. The van der Waals surface area contributed by atoms with Crippen LogP contribution in [-0.4, -0.2) is 57.0 Å². The van der Waals surface area contributed by atoms with Crippen LogP contribution in [0.4, 0.5) is 4.79 Å². The average Bonchev–Trinajstić information content (AvgIpc) is 2.83. The summed E-state index contributed by atoms with van der Waals surface area (Å²) in [6.07, 6.45) is 4.36. The van der Waals surface area contributed by atoms with Gasteiger partial charge in [-0.05, 0) is 33.6 Å². The van der Waals surface area contributed by atoms with Crippen LogP contribution >= 0.6 is 0 Å². The molecule has 22 heavy (non-hydrogen) atoms. The van der Waals surface area contributed by atoms with Crippen LogP contribution in [0.25, 0.3) is 0 Å². The predicted molar refractivity (Wildman–Crippen MR) is 83.5 cm³/mol. The SMILES string of the molecule is Cn1cnc(CCNC2CCCN(C(=O)OC(C)(C)C)C2)n1. The maximum absolute atomic E-state index is 12.1. The molecule has 1 N–H and O–H groups in total. The molecular weight excluding hydrogens is 282 g/mol. The smallest absolute Gasteiger partial charge is 0.410 e. The van der Waals surface area contributed by atoms with Crippen molar-refractivity contribution in [3.05, 3.63) is 12.2 Å². The summed E-state index contributed by atoms with van der Waals surface area (Å²) in [7, 11) is 1.86. The summed E-state index contributed by atoms with van der Waals surface area (Å²) >= 11 is 0. The van der Waals surface area contributed by atoms with Crippen LogP contribution in [0.2, 0.25) is 0 Å². The second kappa shape index (κ2) is 7.09. The maximum Gasteiger partial charge on any atom is 0.410 e. The first-order valence-electron chi connectivity index (χ1n) is 7.89. The molecule has 0 radical (unpaired) electrons. The van der Waals surface area contributed by atoms with Gasteiger partial charge in [0.1, 0.15) is 11.9 Å². The molecule has 1 unspecified atom stereocenters. The van der Waals surface area contributed by atoms with Gasteiger partial charge in [-0.1, -0.05) is 0 Å². The summed E-state index contributed by atoms with van der Waals surface area (Å²) in [4.78, 5) is 18.1. The first-order chi connectivity index (χ1) is 10.3. The second-order valence-electron chi connectivity index (χ2n) is 6.80. The highest BCUT2D eigenvalue weighted by Crippen LogP contribution is 2.15. The summed E-state index contributed by atoms with van der Waals surface area (Å²) in [5.74, 6) is 0.842. The number of rotatable bonds is 4. The molecular formula is C15H27N5O2. The van der Waals surface area contributed by atoms with Gasteiger partial charge in [-0.3, -0.25) is 4.68 Å². The molecule has 1 aromatic heterocycles. The molecule has 1 fully saturated rings. The standard InChI is InChI=1S/C15H27N5O2/c1-15(2,3)22-14(21)20-9-5-6-12(10-20)16-8-7-13-17-11-19(4)18-13/h11-12,16H,5-10H2,1-4H3. The molecule has 124 valence electrons. The normalized spacial score (nSPS) is 19.3. The van der Waals surface area contributed by atoms with Crippen molar-refractivity contribution in [2.45, 2.75) is 51.7 Å². The first kappa shape index (κ1) is 16.7.